The van der Waals surface area contributed by atoms with Crippen LogP contribution in [0.5, 0.6) is 0 Å². The minimum Gasteiger partial charge on any atom is -0.395 e. The maximum atomic E-state index is 13.2. The van der Waals surface area contributed by atoms with Crippen LogP contribution in [-0.4, -0.2) is 62.9 Å². The number of primary amides is 1. The summed E-state index contributed by atoms with van der Waals surface area (Å²) in [5.41, 5.74) is 11.2. The number of anilines is 1. The molecule has 0 spiro atoms. The van der Waals surface area contributed by atoms with Crippen molar-refractivity contribution in [1.82, 2.24) is 25.2 Å². The van der Waals surface area contributed by atoms with Crippen LogP contribution in [0.3, 0.4) is 0 Å². The number of halogens is 1. The van der Waals surface area contributed by atoms with Gasteiger partial charge in [-0.05, 0) is 35.7 Å². The first-order valence-electron chi connectivity index (χ1n) is 13.4. The van der Waals surface area contributed by atoms with Crippen LogP contribution in [0.1, 0.15) is 37.9 Å². The zero-order valence-corrected chi connectivity index (χ0v) is 24.2. The smallest absolute Gasteiger partial charge is 0.291 e. The number of nitrogens with one attached hydrogen (secondary N) is 3. The van der Waals surface area contributed by atoms with Crippen LogP contribution in [0.15, 0.2) is 54.9 Å². The van der Waals surface area contributed by atoms with Crippen LogP contribution in [0.25, 0.3) is 22.3 Å². The number of pyridine rings is 1. The van der Waals surface area contributed by atoms with Crippen molar-refractivity contribution in [1.29, 1.82) is 0 Å². The van der Waals surface area contributed by atoms with Crippen molar-refractivity contribution in [2.75, 3.05) is 31.6 Å². The molecular weight excluding hydrogens is 558 g/mol. The highest BCUT2D eigenvalue weighted by molar-refractivity contribution is 6.36. The number of nitrogens with two attached hydrogens (primary N) is 1. The Balaban J connectivity index is 1.66. The normalized spacial score (nSPS) is 11.1. The highest BCUT2D eigenvalue weighted by Gasteiger charge is 2.20. The Morgan fingerprint density at radius 3 is 2.31 bits per heavy atom. The van der Waals surface area contributed by atoms with Gasteiger partial charge in [-0.2, -0.15) is 0 Å². The third kappa shape index (κ3) is 7.01. The number of nitrogens with zero attached hydrogens (tertiary/aromatic N) is 3. The third-order valence-electron chi connectivity index (χ3n) is 6.68. The molecule has 4 rings (SSSR count). The summed E-state index contributed by atoms with van der Waals surface area (Å²) in [6.07, 6.45) is 3.33. The highest BCUT2D eigenvalue weighted by atomic mass is 35.5. The first-order valence-corrected chi connectivity index (χ1v) is 13.8. The molecular formula is C30H34ClN7O4. The molecule has 4 aromatic rings. The van der Waals surface area contributed by atoms with Crippen LogP contribution in [-0.2, 0) is 20.1 Å². The molecule has 11 nitrogen and oxygen atoms in total. The van der Waals surface area contributed by atoms with Crippen LogP contribution < -0.4 is 21.7 Å². The molecule has 0 saturated heterocycles. The van der Waals surface area contributed by atoms with E-state index in [1.54, 1.807) is 36.1 Å². The van der Waals surface area contributed by atoms with E-state index >= 15 is 0 Å². The summed E-state index contributed by atoms with van der Waals surface area (Å²) < 4.78 is 1.66. The Labute approximate surface area is 248 Å². The molecule has 2 heterocycles. The Morgan fingerprint density at radius 2 is 1.62 bits per heavy atom. The van der Waals surface area contributed by atoms with E-state index in [0.717, 1.165) is 16.7 Å². The molecule has 0 aliphatic carbocycles. The van der Waals surface area contributed by atoms with E-state index in [-0.39, 0.29) is 30.6 Å². The predicted molar refractivity (Wildman–Crippen MR) is 162 cm³/mol. The fraction of sp³-hybridized carbons (Fsp3) is 0.267. The lowest BCUT2D eigenvalue weighted by molar-refractivity contribution is 0.0992. The second-order valence-electron chi connectivity index (χ2n) is 9.67. The number of amides is 2. The molecule has 0 fully saturated rings. The number of aryl methyl sites for hydroxylation is 1. The van der Waals surface area contributed by atoms with Crippen LogP contribution >= 0.6 is 11.6 Å². The van der Waals surface area contributed by atoms with Gasteiger partial charge in [0.2, 0.25) is 0 Å². The maximum Gasteiger partial charge on any atom is 0.291 e. The molecule has 42 heavy (non-hydrogen) atoms. The zero-order chi connectivity index (χ0) is 30.2. The number of imidazole rings is 1. The molecule has 0 bridgehead atoms. The number of aromatic nitrogens is 3. The Kier molecular flexibility index (Phi) is 10.4. The summed E-state index contributed by atoms with van der Waals surface area (Å²) >= 11 is 6.98. The SMILES string of the molecule is Cc1c(NC(=O)c2nc(CNCCO)cn2C)cccc1-c1cccc(-c2cc(CNCCO)cnc2C(N)=O)c1Cl. The molecule has 12 heteroatoms. The number of aliphatic hydroxyl groups is 2. The van der Waals surface area contributed by atoms with Gasteiger partial charge in [-0.1, -0.05) is 41.9 Å². The molecule has 7 N–H and O–H groups in total. The van der Waals surface area contributed by atoms with Crippen LogP contribution in [0.4, 0.5) is 5.69 Å². The Morgan fingerprint density at radius 1 is 0.976 bits per heavy atom. The lowest BCUT2D eigenvalue weighted by Crippen LogP contribution is -2.19. The lowest BCUT2D eigenvalue weighted by Gasteiger charge is -2.17. The summed E-state index contributed by atoms with van der Waals surface area (Å²) in [4.78, 5) is 34.1. The van der Waals surface area contributed by atoms with Gasteiger partial charge in [0, 0.05) is 68.0 Å². The third-order valence-corrected chi connectivity index (χ3v) is 7.09. The first-order chi connectivity index (χ1) is 20.2. The van der Waals surface area contributed by atoms with E-state index in [4.69, 9.17) is 27.5 Å². The number of hydrogen-bond donors (Lipinski definition) is 6. The largest absolute Gasteiger partial charge is 0.395 e. The van der Waals surface area contributed by atoms with E-state index in [1.165, 1.54) is 0 Å². The van der Waals surface area contributed by atoms with Gasteiger partial charge in [0.1, 0.15) is 5.69 Å². The van der Waals surface area contributed by atoms with Gasteiger partial charge in [-0.15, -0.1) is 0 Å². The van der Waals surface area contributed by atoms with Crippen molar-refractivity contribution in [3.63, 3.8) is 0 Å². The van der Waals surface area contributed by atoms with Gasteiger partial charge in [0.25, 0.3) is 11.8 Å². The Hall–Kier alpha value is -4.13. The lowest BCUT2D eigenvalue weighted by atomic mass is 9.94. The molecule has 0 unspecified atom stereocenters. The quantitative estimate of drug-likeness (QED) is 0.129. The van der Waals surface area contributed by atoms with E-state index in [9.17, 15) is 9.59 Å². The fourth-order valence-corrected chi connectivity index (χ4v) is 4.96. The van der Waals surface area contributed by atoms with Crippen molar-refractivity contribution in [2.24, 2.45) is 12.8 Å². The van der Waals surface area contributed by atoms with Crippen molar-refractivity contribution >= 4 is 29.1 Å². The second-order valence-corrected chi connectivity index (χ2v) is 10.0. The molecule has 0 saturated carbocycles. The minimum absolute atomic E-state index is 0.00194. The summed E-state index contributed by atoms with van der Waals surface area (Å²) in [6, 6.07) is 12.9. The van der Waals surface area contributed by atoms with Crippen molar-refractivity contribution in [3.8, 4) is 22.3 Å². The molecule has 0 atom stereocenters. The summed E-state index contributed by atoms with van der Waals surface area (Å²) in [5.74, 6) is -0.792. The van der Waals surface area contributed by atoms with Crippen molar-refractivity contribution in [3.05, 3.63) is 88.2 Å². The average molecular weight is 592 g/mol. The zero-order valence-electron chi connectivity index (χ0n) is 23.4. The Bertz CT molecular complexity index is 1590. The van der Waals surface area contributed by atoms with Crippen LogP contribution in [0.2, 0.25) is 5.02 Å². The van der Waals surface area contributed by atoms with E-state index in [0.29, 0.717) is 59.3 Å². The summed E-state index contributed by atoms with van der Waals surface area (Å²) in [6.45, 7) is 3.62. The second kappa shape index (κ2) is 14.2. The number of benzene rings is 2. The van der Waals surface area contributed by atoms with E-state index < -0.39 is 5.91 Å². The predicted octanol–water partition coefficient (Wildman–Crippen LogP) is 2.63. The first kappa shape index (κ1) is 30.8. The number of aliphatic hydroxyl groups excluding tert-OH is 2. The molecule has 2 aromatic heterocycles. The van der Waals surface area contributed by atoms with Gasteiger partial charge in [0.15, 0.2) is 5.82 Å². The minimum atomic E-state index is -0.677. The topological polar surface area (TPSA) is 167 Å². The maximum absolute atomic E-state index is 13.2. The van der Waals surface area contributed by atoms with Gasteiger partial charge in [0.05, 0.1) is 23.9 Å². The molecule has 0 aliphatic rings. The molecule has 2 amide bonds. The van der Waals surface area contributed by atoms with Gasteiger partial charge in [-0.25, -0.2) is 4.98 Å². The van der Waals surface area contributed by atoms with Gasteiger partial charge in [-0.3, -0.25) is 14.6 Å². The molecule has 0 aliphatic heterocycles. The highest BCUT2D eigenvalue weighted by Crippen LogP contribution is 2.40. The molecule has 2 aromatic carbocycles. The number of hydrogen-bond acceptors (Lipinski definition) is 8. The monoisotopic (exact) mass is 591 g/mol. The fourth-order valence-electron chi connectivity index (χ4n) is 4.63. The van der Waals surface area contributed by atoms with Crippen LogP contribution in [0, 0.1) is 6.92 Å². The number of carbonyl (C=O) groups is 2. The average Bonchev–Trinajstić information content (AvgIpc) is 3.35. The standard InChI is InChI=1S/C30H34ClN7O4/c1-18-21(5-4-8-25(18)37-30(42)29-36-20(17-38(29)2)16-34-10-12-40)22-6-3-7-23(26(22)31)24-13-19(14-33-9-11-39)15-35-27(24)28(32)41/h3-8,13,15,17,33-34,39-40H,9-12,14,16H2,1-2H3,(H2,32,41)(H,37,42). The molecule has 0 radical (unpaired) electrons. The number of carbonyl (C=O) groups excluding carboxylic acids is 2. The van der Waals surface area contributed by atoms with Crippen molar-refractivity contribution in [2.45, 2.75) is 20.0 Å². The van der Waals surface area contributed by atoms with E-state index in [2.05, 4.69) is 25.9 Å². The van der Waals surface area contributed by atoms with Gasteiger partial charge >= 0.3 is 0 Å². The summed E-state index contributed by atoms with van der Waals surface area (Å²) in [7, 11) is 1.75. The van der Waals surface area contributed by atoms with Gasteiger partial charge < -0.3 is 36.5 Å². The summed E-state index contributed by atoms with van der Waals surface area (Å²) in [5, 5.41) is 27.5. The number of rotatable bonds is 13. The molecule has 220 valence electrons. The van der Waals surface area contributed by atoms with E-state index in [1.807, 2.05) is 37.3 Å². The van der Waals surface area contributed by atoms with Crippen molar-refractivity contribution < 1.29 is 19.8 Å².